The van der Waals surface area contributed by atoms with Crippen LogP contribution in [0.25, 0.3) is 0 Å². The number of aliphatic imine (C=N–C) groups is 1. The van der Waals surface area contributed by atoms with Gasteiger partial charge in [-0.1, -0.05) is 12.1 Å². The number of guanidine groups is 1. The number of ether oxygens (including phenoxy) is 2. The Balaban J connectivity index is 2.14. The Bertz CT molecular complexity index is 617. The molecule has 6 nitrogen and oxygen atoms in total. The second-order valence-electron chi connectivity index (χ2n) is 6.63. The summed E-state index contributed by atoms with van der Waals surface area (Å²) in [6, 6.07) is 5.25. The first-order valence-electron chi connectivity index (χ1n) is 10.0. The molecule has 1 aliphatic heterocycles. The van der Waals surface area contributed by atoms with E-state index in [1.54, 1.807) is 12.1 Å². The van der Waals surface area contributed by atoms with Gasteiger partial charge in [0.15, 0.2) is 5.96 Å². The normalized spacial score (nSPS) is 17.2. The van der Waals surface area contributed by atoms with Gasteiger partial charge < -0.3 is 20.1 Å². The van der Waals surface area contributed by atoms with Crippen LogP contribution in [-0.4, -0.2) is 70.0 Å². The summed E-state index contributed by atoms with van der Waals surface area (Å²) in [6.07, 6.45) is -4.34. The predicted octanol–water partition coefficient (Wildman–Crippen LogP) is 2.67. The molecule has 0 aliphatic carbocycles. The molecule has 1 aromatic rings. The molecule has 0 aromatic heterocycles. The van der Waals surface area contributed by atoms with Crippen molar-refractivity contribution in [3.05, 3.63) is 35.4 Å². The summed E-state index contributed by atoms with van der Waals surface area (Å²) in [5.41, 5.74) is 0.172. The molecule has 1 aromatic carbocycles. The zero-order valence-electron chi connectivity index (χ0n) is 17.1. The average Bonchev–Trinajstić information content (AvgIpc) is 2.72. The molecule has 2 N–H and O–H groups in total. The molecule has 1 saturated heterocycles. The van der Waals surface area contributed by atoms with E-state index in [1.807, 2.05) is 13.8 Å². The van der Waals surface area contributed by atoms with E-state index in [4.69, 9.17) is 9.47 Å². The molecular formula is C20H31F3N4O2. The summed E-state index contributed by atoms with van der Waals surface area (Å²) in [5, 5.41) is 6.41. The molecule has 1 atom stereocenters. The minimum atomic E-state index is -4.34. The number of rotatable bonds is 9. The minimum Gasteiger partial charge on any atom is -0.380 e. The number of hydrogen-bond donors (Lipinski definition) is 2. The van der Waals surface area contributed by atoms with Crippen LogP contribution in [0.2, 0.25) is 0 Å². The summed E-state index contributed by atoms with van der Waals surface area (Å²) in [6.45, 7) is 9.56. The molecule has 0 spiro atoms. The molecule has 1 aliphatic rings. The zero-order valence-corrected chi connectivity index (χ0v) is 17.1. The molecule has 1 unspecified atom stereocenters. The van der Waals surface area contributed by atoms with Crippen molar-refractivity contribution in [2.24, 2.45) is 4.99 Å². The maximum absolute atomic E-state index is 12.9. The lowest BCUT2D eigenvalue weighted by atomic mass is 10.0. The van der Waals surface area contributed by atoms with Crippen molar-refractivity contribution in [2.45, 2.75) is 26.1 Å². The highest BCUT2D eigenvalue weighted by Gasteiger charge is 2.31. The highest BCUT2D eigenvalue weighted by Crippen LogP contribution is 2.31. The smallest absolute Gasteiger partial charge is 0.380 e. The molecule has 2 rings (SSSR count). The Morgan fingerprint density at radius 2 is 1.86 bits per heavy atom. The van der Waals surface area contributed by atoms with Crippen molar-refractivity contribution >= 4 is 5.96 Å². The lowest BCUT2D eigenvalue weighted by molar-refractivity contribution is -0.137. The van der Waals surface area contributed by atoms with E-state index in [2.05, 4.69) is 20.5 Å². The number of benzene rings is 1. The molecule has 0 radical (unpaired) electrons. The van der Waals surface area contributed by atoms with E-state index >= 15 is 0 Å². The lowest BCUT2D eigenvalue weighted by Crippen LogP contribution is -2.42. The van der Waals surface area contributed by atoms with Gasteiger partial charge in [-0.2, -0.15) is 13.2 Å². The van der Waals surface area contributed by atoms with E-state index in [-0.39, 0.29) is 6.04 Å². The summed E-state index contributed by atoms with van der Waals surface area (Å²) in [4.78, 5) is 6.88. The number of halogens is 3. The number of nitrogens with zero attached hydrogens (tertiary/aromatic N) is 2. The fourth-order valence-corrected chi connectivity index (χ4v) is 3.12. The third kappa shape index (κ3) is 7.83. The van der Waals surface area contributed by atoms with Crippen molar-refractivity contribution in [3.63, 3.8) is 0 Å². The van der Waals surface area contributed by atoms with Gasteiger partial charge in [0.1, 0.15) is 0 Å². The summed E-state index contributed by atoms with van der Waals surface area (Å²) in [7, 11) is 0. The predicted molar refractivity (Wildman–Crippen MR) is 107 cm³/mol. The van der Waals surface area contributed by atoms with Gasteiger partial charge >= 0.3 is 6.18 Å². The molecule has 0 bridgehead atoms. The molecule has 0 saturated carbocycles. The molecule has 164 valence electrons. The molecular weight excluding hydrogens is 385 g/mol. The van der Waals surface area contributed by atoms with E-state index in [9.17, 15) is 13.2 Å². The van der Waals surface area contributed by atoms with Crippen LogP contribution in [0.5, 0.6) is 0 Å². The van der Waals surface area contributed by atoms with Crippen molar-refractivity contribution in [1.29, 1.82) is 0 Å². The van der Waals surface area contributed by atoms with E-state index < -0.39 is 11.7 Å². The fraction of sp³-hybridized carbons (Fsp3) is 0.650. The van der Waals surface area contributed by atoms with E-state index in [0.717, 1.165) is 30.8 Å². The van der Waals surface area contributed by atoms with Crippen LogP contribution in [-0.2, 0) is 15.7 Å². The highest BCUT2D eigenvalue weighted by molar-refractivity contribution is 5.79. The topological polar surface area (TPSA) is 58.1 Å². The third-order valence-electron chi connectivity index (χ3n) is 4.62. The summed E-state index contributed by atoms with van der Waals surface area (Å²) in [5.74, 6) is 0.664. The maximum atomic E-state index is 12.9. The number of alkyl halides is 3. The fourth-order valence-electron chi connectivity index (χ4n) is 3.12. The SMILES string of the molecule is CCNC(=NCC(c1ccc(C(F)(F)F)cc1)N1CCOCC1)NCCOCC. The quantitative estimate of drug-likeness (QED) is 0.368. The van der Waals surface area contributed by atoms with Gasteiger partial charge in [0.05, 0.1) is 38.0 Å². The number of morpholine rings is 1. The molecule has 1 fully saturated rings. The Morgan fingerprint density at radius 3 is 2.45 bits per heavy atom. The average molecular weight is 416 g/mol. The van der Waals surface area contributed by atoms with Crippen molar-refractivity contribution in [1.82, 2.24) is 15.5 Å². The Hall–Kier alpha value is -1.84. The van der Waals surface area contributed by atoms with Gasteiger partial charge in [-0.3, -0.25) is 9.89 Å². The standard InChI is InChI=1S/C20H31F3N4O2/c1-3-24-19(25-9-12-28-4-2)26-15-18(27-10-13-29-14-11-27)16-5-7-17(8-6-16)20(21,22)23/h5-8,18H,3-4,9-15H2,1-2H3,(H2,24,25,26). The summed E-state index contributed by atoms with van der Waals surface area (Å²) < 4.78 is 49.5. The molecule has 0 amide bonds. The van der Waals surface area contributed by atoms with Gasteiger partial charge in [-0.15, -0.1) is 0 Å². The van der Waals surface area contributed by atoms with E-state index in [1.165, 1.54) is 0 Å². The minimum absolute atomic E-state index is 0.122. The van der Waals surface area contributed by atoms with Crippen molar-refractivity contribution < 1.29 is 22.6 Å². The second-order valence-corrected chi connectivity index (χ2v) is 6.63. The first-order chi connectivity index (χ1) is 14.0. The van der Waals surface area contributed by atoms with Crippen LogP contribution < -0.4 is 10.6 Å². The number of hydrogen-bond acceptors (Lipinski definition) is 4. The van der Waals surface area contributed by atoms with Crippen LogP contribution in [0.1, 0.15) is 31.0 Å². The van der Waals surface area contributed by atoms with Crippen LogP contribution in [0.15, 0.2) is 29.3 Å². The second kappa shape index (κ2) is 12.0. The monoisotopic (exact) mass is 416 g/mol. The Morgan fingerprint density at radius 1 is 1.17 bits per heavy atom. The van der Waals surface area contributed by atoms with Gasteiger partial charge in [0, 0.05) is 32.8 Å². The van der Waals surface area contributed by atoms with Crippen molar-refractivity contribution in [2.75, 3.05) is 59.2 Å². The largest absolute Gasteiger partial charge is 0.416 e. The Labute approximate surface area is 170 Å². The highest BCUT2D eigenvalue weighted by atomic mass is 19.4. The third-order valence-corrected chi connectivity index (χ3v) is 4.62. The lowest BCUT2D eigenvalue weighted by Gasteiger charge is -2.34. The van der Waals surface area contributed by atoms with Crippen LogP contribution in [0, 0.1) is 0 Å². The van der Waals surface area contributed by atoms with E-state index in [0.29, 0.717) is 52.0 Å². The van der Waals surface area contributed by atoms with Crippen LogP contribution in [0.3, 0.4) is 0 Å². The molecule has 1 heterocycles. The van der Waals surface area contributed by atoms with Gasteiger partial charge in [-0.05, 0) is 31.5 Å². The van der Waals surface area contributed by atoms with Gasteiger partial charge in [-0.25, -0.2) is 0 Å². The zero-order chi connectivity index (χ0) is 21.1. The first kappa shape index (κ1) is 23.4. The Kier molecular flexibility index (Phi) is 9.69. The van der Waals surface area contributed by atoms with Crippen LogP contribution >= 0.6 is 0 Å². The molecule has 29 heavy (non-hydrogen) atoms. The maximum Gasteiger partial charge on any atom is 0.416 e. The van der Waals surface area contributed by atoms with Gasteiger partial charge in [0.2, 0.25) is 0 Å². The number of nitrogens with one attached hydrogen (secondary N) is 2. The summed E-state index contributed by atoms with van der Waals surface area (Å²) >= 11 is 0. The van der Waals surface area contributed by atoms with Gasteiger partial charge in [0.25, 0.3) is 0 Å². The molecule has 9 heteroatoms. The van der Waals surface area contributed by atoms with Crippen molar-refractivity contribution in [3.8, 4) is 0 Å². The first-order valence-corrected chi connectivity index (χ1v) is 10.0. The van der Waals surface area contributed by atoms with Crippen LogP contribution in [0.4, 0.5) is 13.2 Å².